The fraction of sp³-hybridized carbons (Fsp3) is 0.462. The Morgan fingerprint density at radius 1 is 1.41 bits per heavy atom. The minimum absolute atomic E-state index is 0.164. The molecule has 0 N–H and O–H groups in total. The van der Waals surface area contributed by atoms with Gasteiger partial charge in [-0.1, -0.05) is 13.0 Å². The number of rotatable bonds is 4. The van der Waals surface area contributed by atoms with Crippen LogP contribution in [0, 0.1) is 0 Å². The maximum atomic E-state index is 11.3. The van der Waals surface area contributed by atoms with Gasteiger partial charge in [0.25, 0.3) is 0 Å². The van der Waals surface area contributed by atoms with E-state index in [1.54, 1.807) is 0 Å². The third kappa shape index (κ3) is 2.52. The molecule has 0 saturated carbocycles. The van der Waals surface area contributed by atoms with Crippen LogP contribution in [-0.2, 0) is 9.53 Å². The summed E-state index contributed by atoms with van der Waals surface area (Å²) >= 11 is 0. The number of hydrogen-bond acceptors (Lipinski definition) is 4. The van der Waals surface area contributed by atoms with Gasteiger partial charge in [-0.15, -0.1) is 0 Å². The first kappa shape index (κ1) is 11.8. The average Bonchev–Trinajstić information content (AvgIpc) is 2.82. The minimum atomic E-state index is -0.186. The minimum Gasteiger partial charge on any atom is -0.469 e. The standard InChI is InChI=1S/C13H16O4/c1-3-9(7-13(14)15-2)10-4-5-11-12(6-10)17-8-16-11/h4-6,9H,3,7-8H2,1-2H3. The highest BCUT2D eigenvalue weighted by Gasteiger charge is 2.19. The predicted molar refractivity (Wildman–Crippen MR) is 62.2 cm³/mol. The van der Waals surface area contributed by atoms with Crippen LogP contribution in [0.15, 0.2) is 18.2 Å². The average molecular weight is 236 g/mol. The Balaban J connectivity index is 2.16. The van der Waals surface area contributed by atoms with Gasteiger partial charge in [0, 0.05) is 0 Å². The summed E-state index contributed by atoms with van der Waals surface area (Å²) in [6.07, 6.45) is 1.28. The zero-order valence-electron chi connectivity index (χ0n) is 10.1. The maximum absolute atomic E-state index is 11.3. The van der Waals surface area contributed by atoms with Crippen LogP contribution in [-0.4, -0.2) is 19.9 Å². The van der Waals surface area contributed by atoms with Crippen LogP contribution in [0.4, 0.5) is 0 Å². The second-order valence-corrected chi connectivity index (χ2v) is 4.00. The highest BCUT2D eigenvalue weighted by molar-refractivity contribution is 5.70. The van der Waals surface area contributed by atoms with Gasteiger partial charge in [-0.2, -0.15) is 0 Å². The summed E-state index contributed by atoms with van der Waals surface area (Å²) in [6, 6.07) is 5.81. The van der Waals surface area contributed by atoms with Crippen molar-refractivity contribution in [3.8, 4) is 11.5 Å². The summed E-state index contributed by atoms with van der Waals surface area (Å²) in [7, 11) is 1.41. The summed E-state index contributed by atoms with van der Waals surface area (Å²) in [4.78, 5) is 11.3. The van der Waals surface area contributed by atoms with E-state index in [1.165, 1.54) is 7.11 Å². The molecule has 1 unspecified atom stereocenters. The molecule has 1 heterocycles. The Bertz CT molecular complexity index is 414. The molecule has 1 aliphatic rings. The summed E-state index contributed by atoms with van der Waals surface area (Å²) < 4.78 is 15.3. The number of esters is 1. The summed E-state index contributed by atoms with van der Waals surface area (Å²) in [5.74, 6) is 1.50. The first-order chi connectivity index (χ1) is 8.24. The van der Waals surface area contributed by atoms with Crippen LogP contribution < -0.4 is 9.47 Å². The highest BCUT2D eigenvalue weighted by Crippen LogP contribution is 2.36. The first-order valence-corrected chi connectivity index (χ1v) is 5.71. The van der Waals surface area contributed by atoms with Gasteiger partial charge < -0.3 is 14.2 Å². The fourth-order valence-electron chi connectivity index (χ4n) is 1.95. The smallest absolute Gasteiger partial charge is 0.306 e. The Morgan fingerprint density at radius 3 is 2.88 bits per heavy atom. The molecule has 4 heteroatoms. The van der Waals surface area contributed by atoms with E-state index in [0.29, 0.717) is 6.42 Å². The van der Waals surface area contributed by atoms with Crippen molar-refractivity contribution in [2.24, 2.45) is 0 Å². The molecule has 1 aromatic carbocycles. The molecule has 0 aliphatic carbocycles. The molecular weight excluding hydrogens is 220 g/mol. The lowest BCUT2D eigenvalue weighted by molar-refractivity contribution is -0.141. The molecular formula is C13H16O4. The Morgan fingerprint density at radius 2 is 2.18 bits per heavy atom. The van der Waals surface area contributed by atoms with E-state index in [9.17, 15) is 4.79 Å². The van der Waals surface area contributed by atoms with Crippen molar-refractivity contribution in [2.45, 2.75) is 25.7 Å². The van der Waals surface area contributed by atoms with Crippen molar-refractivity contribution in [2.75, 3.05) is 13.9 Å². The normalized spacial score (nSPS) is 14.5. The molecule has 0 radical (unpaired) electrons. The SMILES string of the molecule is CCC(CC(=O)OC)c1ccc2c(c1)OCO2. The van der Waals surface area contributed by atoms with Crippen molar-refractivity contribution in [1.82, 2.24) is 0 Å². The zero-order valence-corrected chi connectivity index (χ0v) is 10.1. The molecule has 0 fully saturated rings. The molecule has 1 aromatic rings. The molecule has 0 bridgehead atoms. The molecule has 4 nitrogen and oxygen atoms in total. The van der Waals surface area contributed by atoms with Crippen LogP contribution in [0.5, 0.6) is 11.5 Å². The Labute approximate surface area is 100 Å². The van der Waals surface area contributed by atoms with Gasteiger partial charge in [0.05, 0.1) is 13.5 Å². The van der Waals surface area contributed by atoms with E-state index in [4.69, 9.17) is 14.2 Å². The third-order valence-corrected chi connectivity index (χ3v) is 3.00. The van der Waals surface area contributed by atoms with Crippen molar-refractivity contribution in [3.63, 3.8) is 0 Å². The molecule has 0 saturated heterocycles. The van der Waals surface area contributed by atoms with Crippen molar-refractivity contribution in [3.05, 3.63) is 23.8 Å². The molecule has 0 aromatic heterocycles. The van der Waals surface area contributed by atoms with E-state index in [1.807, 2.05) is 18.2 Å². The Hall–Kier alpha value is -1.71. The second-order valence-electron chi connectivity index (χ2n) is 4.00. The predicted octanol–water partition coefficient (Wildman–Crippen LogP) is 2.47. The lowest BCUT2D eigenvalue weighted by atomic mass is 9.93. The molecule has 17 heavy (non-hydrogen) atoms. The Kier molecular flexibility index (Phi) is 3.52. The number of carbonyl (C=O) groups is 1. The van der Waals surface area contributed by atoms with Gasteiger partial charge in [0.2, 0.25) is 6.79 Å². The quantitative estimate of drug-likeness (QED) is 0.753. The zero-order chi connectivity index (χ0) is 12.3. The van der Waals surface area contributed by atoms with Crippen molar-refractivity contribution < 1.29 is 19.0 Å². The van der Waals surface area contributed by atoms with E-state index in [0.717, 1.165) is 23.5 Å². The number of methoxy groups -OCH3 is 1. The number of fused-ring (bicyclic) bond motifs is 1. The number of hydrogen-bond donors (Lipinski definition) is 0. The summed E-state index contributed by atoms with van der Waals surface area (Å²) in [6.45, 7) is 2.32. The largest absolute Gasteiger partial charge is 0.469 e. The fourth-order valence-corrected chi connectivity index (χ4v) is 1.95. The van der Waals surface area contributed by atoms with Crippen LogP contribution in [0.2, 0.25) is 0 Å². The number of carbonyl (C=O) groups excluding carboxylic acids is 1. The lowest BCUT2D eigenvalue weighted by Gasteiger charge is -2.14. The summed E-state index contributed by atoms with van der Waals surface area (Å²) in [5, 5.41) is 0. The van der Waals surface area contributed by atoms with Gasteiger partial charge in [0.15, 0.2) is 11.5 Å². The van der Waals surface area contributed by atoms with Gasteiger partial charge in [-0.25, -0.2) is 0 Å². The molecule has 0 spiro atoms. The number of benzene rings is 1. The van der Waals surface area contributed by atoms with Crippen LogP contribution in [0.3, 0.4) is 0 Å². The maximum Gasteiger partial charge on any atom is 0.306 e. The van der Waals surface area contributed by atoms with E-state index >= 15 is 0 Å². The van der Waals surface area contributed by atoms with Crippen LogP contribution in [0.1, 0.15) is 31.2 Å². The summed E-state index contributed by atoms with van der Waals surface area (Å²) in [5.41, 5.74) is 1.09. The molecule has 2 rings (SSSR count). The van der Waals surface area contributed by atoms with Crippen molar-refractivity contribution in [1.29, 1.82) is 0 Å². The van der Waals surface area contributed by atoms with E-state index < -0.39 is 0 Å². The van der Waals surface area contributed by atoms with Crippen molar-refractivity contribution >= 4 is 5.97 Å². The van der Waals surface area contributed by atoms with Crippen LogP contribution >= 0.6 is 0 Å². The molecule has 1 aliphatic heterocycles. The van der Waals surface area contributed by atoms with Gasteiger partial charge >= 0.3 is 5.97 Å². The van der Waals surface area contributed by atoms with Crippen LogP contribution in [0.25, 0.3) is 0 Å². The molecule has 92 valence electrons. The van der Waals surface area contributed by atoms with Gasteiger partial charge in [-0.3, -0.25) is 4.79 Å². The first-order valence-electron chi connectivity index (χ1n) is 5.71. The van der Waals surface area contributed by atoms with E-state index in [-0.39, 0.29) is 18.7 Å². The molecule has 0 amide bonds. The topological polar surface area (TPSA) is 44.8 Å². The van der Waals surface area contributed by atoms with E-state index in [2.05, 4.69) is 6.92 Å². The third-order valence-electron chi connectivity index (χ3n) is 3.00. The number of ether oxygens (including phenoxy) is 3. The lowest BCUT2D eigenvalue weighted by Crippen LogP contribution is -2.08. The molecule has 1 atom stereocenters. The second kappa shape index (κ2) is 5.08. The van der Waals surface area contributed by atoms with Gasteiger partial charge in [0.1, 0.15) is 0 Å². The highest BCUT2D eigenvalue weighted by atomic mass is 16.7. The monoisotopic (exact) mass is 236 g/mol. The van der Waals surface area contributed by atoms with Gasteiger partial charge in [-0.05, 0) is 30.0 Å².